The van der Waals surface area contributed by atoms with E-state index < -0.39 is 18.0 Å². The molecular formula is C6H12F2N2. The van der Waals surface area contributed by atoms with Crippen LogP contribution in [0.25, 0.3) is 0 Å². The summed E-state index contributed by atoms with van der Waals surface area (Å²) < 4.78 is 25.3. The minimum absolute atomic E-state index is 0.109. The fraction of sp³-hybridized carbons (Fsp3) is 1.00. The minimum atomic E-state index is -2.74. The van der Waals surface area contributed by atoms with Gasteiger partial charge in [0, 0.05) is 12.5 Å². The van der Waals surface area contributed by atoms with Gasteiger partial charge in [-0.2, -0.15) is 0 Å². The van der Waals surface area contributed by atoms with E-state index in [4.69, 9.17) is 11.5 Å². The number of alkyl halides is 2. The van der Waals surface area contributed by atoms with Crippen molar-refractivity contribution in [3.05, 3.63) is 0 Å². The molecule has 1 saturated carbocycles. The van der Waals surface area contributed by atoms with Gasteiger partial charge in [-0.05, 0) is 12.8 Å². The SMILES string of the molecule is N[C@@H]1CCCC(F)(F)[C@H]1N. The van der Waals surface area contributed by atoms with Crippen LogP contribution in [0, 0.1) is 0 Å². The first-order valence-corrected chi connectivity index (χ1v) is 3.43. The maximum atomic E-state index is 12.6. The zero-order valence-electron chi connectivity index (χ0n) is 5.69. The standard InChI is InChI=1S/C6H12F2N2/c7-6(8)3-1-2-4(9)5(6)10/h4-5H,1-3,9-10H2/t4-,5+/m1/s1. The Bertz CT molecular complexity index is 127. The highest BCUT2D eigenvalue weighted by atomic mass is 19.3. The Labute approximate surface area is 58.6 Å². The fourth-order valence-corrected chi connectivity index (χ4v) is 1.23. The summed E-state index contributed by atoms with van der Waals surface area (Å²) in [6, 6.07) is -1.66. The van der Waals surface area contributed by atoms with Crippen LogP contribution in [0.5, 0.6) is 0 Å². The van der Waals surface area contributed by atoms with E-state index in [2.05, 4.69) is 0 Å². The van der Waals surface area contributed by atoms with Crippen molar-refractivity contribution in [1.29, 1.82) is 0 Å². The zero-order valence-corrected chi connectivity index (χ0v) is 5.69. The number of hydrogen-bond acceptors (Lipinski definition) is 2. The van der Waals surface area contributed by atoms with E-state index in [9.17, 15) is 8.78 Å². The first kappa shape index (κ1) is 7.88. The van der Waals surface area contributed by atoms with Crippen LogP contribution in [0.15, 0.2) is 0 Å². The summed E-state index contributed by atoms with van der Waals surface area (Å²) in [5, 5.41) is 0. The molecule has 0 unspecified atom stereocenters. The molecule has 1 fully saturated rings. The third kappa shape index (κ3) is 1.27. The number of nitrogens with two attached hydrogens (primary N) is 2. The largest absolute Gasteiger partial charge is 0.326 e. The minimum Gasteiger partial charge on any atom is -0.326 e. The van der Waals surface area contributed by atoms with Gasteiger partial charge in [-0.1, -0.05) is 0 Å². The quantitative estimate of drug-likeness (QED) is 0.527. The van der Waals surface area contributed by atoms with E-state index in [1.165, 1.54) is 0 Å². The van der Waals surface area contributed by atoms with Crippen LogP contribution < -0.4 is 11.5 Å². The van der Waals surface area contributed by atoms with Gasteiger partial charge < -0.3 is 11.5 Å². The molecule has 2 nitrogen and oxygen atoms in total. The van der Waals surface area contributed by atoms with Gasteiger partial charge in [0.15, 0.2) is 0 Å². The van der Waals surface area contributed by atoms with Crippen molar-refractivity contribution < 1.29 is 8.78 Å². The smallest absolute Gasteiger partial charge is 0.264 e. The first-order chi connectivity index (χ1) is 4.54. The van der Waals surface area contributed by atoms with Crippen molar-refractivity contribution in [3.8, 4) is 0 Å². The first-order valence-electron chi connectivity index (χ1n) is 3.43. The van der Waals surface area contributed by atoms with Crippen molar-refractivity contribution in [3.63, 3.8) is 0 Å². The lowest BCUT2D eigenvalue weighted by atomic mass is 9.88. The second-order valence-corrected chi connectivity index (χ2v) is 2.84. The molecule has 0 heterocycles. The van der Waals surface area contributed by atoms with E-state index in [1.54, 1.807) is 0 Å². The van der Waals surface area contributed by atoms with Crippen molar-refractivity contribution in [2.45, 2.75) is 37.3 Å². The lowest BCUT2D eigenvalue weighted by Crippen LogP contribution is -2.55. The summed E-state index contributed by atoms with van der Waals surface area (Å²) in [5.41, 5.74) is 10.5. The van der Waals surface area contributed by atoms with E-state index in [1.807, 2.05) is 0 Å². The van der Waals surface area contributed by atoms with Gasteiger partial charge in [0.2, 0.25) is 0 Å². The number of rotatable bonds is 0. The fourth-order valence-electron chi connectivity index (χ4n) is 1.23. The van der Waals surface area contributed by atoms with Crippen LogP contribution in [0.2, 0.25) is 0 Å². The highest BCUT2D eigenvalue weighted by molar-refractivity contribution is 4.92. The molecule has 1 aliphatic rings. The molecule has 0 bridgehead atoms. The Morgan fingerprint density at radius 3 is 2.30 bits per heavy atom. The molecule has 2 atom stereocenters. The zero-order chi connectivity index (χ0) is 7.78. The lowest BCUT2D eigenvalue weighted by Gasteiger charge is -2.32. The molecule has 0 aromatic rings. The molecule has 0 radical (unpaired) electrons. The van der Waals surface area contributed by atoms with E-state index in [-0.39, 0.29) is 6.42 Å². The average Bonchev–Trinajstić information content (AvgIpc) is 1.83. The van der Waals surface area contributed by atoms with Gasteiger partial charge in [0.05, 0.1) is 6.04 Å². The van der Waals surface area contributed by atoms with Gasteiger partial charge in [0.25, 0.3) is 5.92 Å². The molecule has 0 spiro atoms. The molecular weight excluding hydrogens is 138 g/mol. The van der Waals surface area contributed by atoms with Crippen LogP contribution in [0.4, 0.5) is 8.78 Å². The Hall–Kier alpha value is -0.220. The Morgan fingerprint density at radius 2 is 1.90 bits per heavy atom. The summed E-state index contributed by atoms with van der Waals surface area (Å²) in [5.74, 6) is -2.74. The Kier molecular flexibility index (Phi) is 1.92. The normalized spacial score (nSPS) is 39.6. The monoisotopic (exact) mass is 150 g/mol. The molecule has 10 heavy (non-hydrogen) atoms. The highest BCUT2D eigenvalue weighted by Gasteiger charge is 2.43. The second-order valence-electron chi connectivity index (χ2n) is 2.84. The van der Waals surface area contributed by atoms with E-state index >= 15 is 0 Å². The van der Waals surface area contributed by atoms with Gasteiger partial charge in [-0.15, -0.1) is 0 Å². The van der Waals surface area contributed by atoms with Gasteiger partial charge in [0.1, 0.15) is 0 Å². The second kappa shape index (κ2) is 2.43. The maximum Gasteiger partial charge on any atom is 0.264 e. The molecule has 0 saturated heterocycles. The summed E-state index contributed by atoms with van der Waals surface area (Å²) in [7, 11) is 0. The van der Waals surface area contributed by atoms with Crippen LogP contribution in [-0.4, -0.2) is 18.0 Å². The molecule has 1 rings (SSSR count). The molecule has 0 aromatic carbocycles. The van der Waals surface area contributed by atoms with Crippen molar-refractivity contribution in [1.82, 2.24) is 0 Å². The number of hydrogen-bond donors (Lipinski definition) is 2. The van der Waals surface area contributed by atoms with E-state index in [0.717, 1.165) is 0 Å². The van der Waals surface area contributed by atoms with E-state index in [0.29, 0.717) is 12.8 Å². The van der Waals surface area contributed by atoms with Crippen molar-refractivity contribution in [2.24, 2.45) is 11.5 Å². The molecule has 4 N–H and O–H groups in total. The maximum absolute atomic E-state index is 12.6. The van der Waals surface area contributed by atoms with Gasteiger partial charge in [-0.25, -0.2) is 8.78 Å². The predicted octanol–water partition coefficient (Wildman–Crippen LogP) is 0.460. The summed E-state index contributed by atoms with van der Waals surface area (Å²) in [4.78, 5) is 0. The van der Waals surface area contributed by atoms with Gasteiger partial charge >= 0.3 is 0 Å². The van der Waals surface area contributed by atoms with Gasteiger partial charge in [-0.3, -0.25) is 0 Å². The molecule has 0 amide bonds. The molecule has 60 valence electrons. The summed E-state index contributed by atoms with van der Waals surface area (Å²) >= 11 is 0. The number of halogens is 2. The summed E-state index contributed by atoms with van der Waals surface area (Å²) in [6.45, 7) is 0. The summed E-state index contributed by atoms with van der Waals surface area (Å²) in [6.07, 6.45) is 1.00. The molecule has 0 aliphatic heterocycles. The lowest BCUT2D eigenvalue weighted by molar-refractivity contribution is -0.0578. The Balaban J connectivity index is 2.60. The topological polar surface area (TPSA) is 52.0 Å². The van der Waals surface area contributed by atoms with Crippen LogP contribution >= 0.6 is 0 Å². The predicted molar refractivity (Wildman–Crippen MR) is 34.7 cm³/mol. The van der Waals surface area contributed by atoms with Crippen LogP contribution in [0.3, 0.4) is 0 Å². The average molecular weight is 150 g/mol. The van der Waals surface area contributed by atoms with Crippen molar-refractivity contribution >= 4 is 0 Å². The highest BCUT2D eigenvalue weighted by Crippen LogP contribution is 2.31. The van der Waals surface area contributed by atoms with Crippen LogP contribution in [0.1, 0.15) is 19.3 Å². The third-order valence-corrected chi connectivity index (χ3v) is 2.00. The molecule has 1 aliphatic carbocycles. The third-order valence-electron chi connectivity index (χ3n) is 2.00. The molecule has 0 aromatic heterocycles. The molecule has 4 heteroatoms. The van der Waals surface area contributed by atoms with Crippen LogP contribution in [-0.2, 0) is 0 Å². The van der Waals surface area contributed by atoms with Crippen molar-refractivity contribution in [2.75, 3.05) is 0 Å². The Morgan fingerprint density at radius 1 is 1.30 bits per heavy atom.